The van der Waals surface area contributed by atoms with Crippen molar-refractivity contribution in [2.75, 3.05) is 6.61 Å². The van der Waals surface area contributed by atoms with Gasteiger partial charge in [-0.1, -0.05) is 48.5 Å². The zero-order valence-electron chi connectivity index (χ0n) is 19.7. The van der Waals surface area contributed by atoms with Crippen LogP contribution in [0.1, 0.15) is 50.0 Å². The molecule has 0 saturated carbocycles. The summed E-state index contributed by atoms with van der Waals surface area (Å²) in [5, 5.41) is 12.2. The van der Waals surface area contributed by atoms with E-state index < -0.39 is 30.3 Å². The van der Waals surface area contributed by atoms with E-state index in [1.807, 2.05) is 49.4 Å². The molecule has 0 radical (unpaired) electrons. The highest BCUT2D eigenvalue weighted by Gasteiger charge is 2.41. The fraction of sp³-hybridized carbons (Fsp3) is 0.286. The topological polar surface area (TPSA) is 84.9 Å². The maximum atomic E-state index is 13.6. The fourth-order valence-corrected chi connectivity index (χ4v) is 4.66. The number of carboxylic acids is 1. The second-order valence-corrected chi connectivity index (χ2v) is 9.12. The Morgan fingerprint density at radius 1 is 1.03 bits per heavy atom. The maximum Gasteiger partial charge on any atom is 0.341 e. The van der Waals surface area contributed by atoms with Gasteiger partial charge in [-0.05, 0) is 47.9 Å². The molecule has 0 aromatic heterocycles. The van der Waals surface area contributed by atoms with Crippen LogP contribution in [0.25, 0.3) is 11.1 Å². The summed E-state index contributed by atoms with van der Waals surface area (Å²) in [7, 11) is 0. The van der Waals surface area contributed by atoms with E-state index in [4.69, 9.17) is 14.6 Å². The lowest BCUT2D eigenvalue weighted by Gasteiger charge is -2.43. The number of halogens is 1. The van der Waals surface area contributed by atoms with E-state index in [1.54, 1.807) is 18.2 Å². The van der Waals surface area contributed by atoms with Crippen LogP contribution < -0.4 is 10.1 Å². The molecule has 0 unspecified atom stereocenters. The lowest BCUT2D eigenvalue weighted by atomic mass is 9.81. The van der Waals surface area contributed by atoms with Gasteiger partial charge in [0.05, 0.1) is 12.2 Å². The number of carbonyl (C=O) groups excluding carboxylic acids is 1. The first-order valence-corrected chi connectivity index (χ1v) is 11.5. The standard InChI is InChI=1S/C28H28FNO5/c1-18(31)30-28(2)15-25(20-8-11-22(29)12-9-20)35-26(16-28)23-14-21(19-6-4-3-5-7-19)10-13-24(23)34-17-27(32)33/h3-14,25-26H,15-17H2,1-2H3,(H,30,31)(H,32,33)/t25-,26+,28-/m0/s1. The number of aliphatic carboxylic acids is 1. The predicted molar refractivity (Wildman–Crippen MR) is 129 cm³/mol. The first kappa shape index (κ1) is 24.4. The van der Waals surface area contributed by atoms with Crippen LogP contribution in [-0.2, 0) is 14.3 Å². The number of amides is 1. The van der Waals surface area contributed by atoms with E-state index in [1.165, 1.54) is 19.1 Å². The quantitative estimate of drug-likeness (QED) is 0.473. The van der Waals surface area contributed by atoms with Gasteiger partial charge in [-0.25, -0.2) is 9.18 Å². The third-order valence-corrected chi connectivity index (χ3v) is 6.13. The second-order valence-electron chi connectivity index (χ2n) is 9.12. The molecule has 0 bridgehead atoms. The van der Waals surface area contributed by atoms with Gasteiger partial charge in [-0.3, -0.25) is 4.79 Å². The first-order chi connectivity index (χ1) is 16.7. The SMILES string of the molecule is CC(=O)N[C@@]1(C)C[C@@H](c2ccc(F)cc2)O[C@@H](c2cc(-c3ccccc3)ccc2OCC(=O)O)C1. The van der Waals surface area contributed by atoms with Crippen LogP contribution in [0.3, 0.4) is 0 Å². The highest BCUT2D eigenvalue weighted by Crippen LogP contribution is 2.46. The minimum Gasteiger partial charge on any atom is -0.482 e. The number of ether oxygens (including phenoxy) is 2. The average molecular weight is 478 g/mol. The normalized spacial score (nSPS) is 21.8. The fourth-order valence-electron chi connectivity index (χ4n) is 4.66. The van der Waals surface area contributed by atoms with Crippen molar-refractivity contribution < 1.29 is 28.6 Å². The van der Waals surface area contributed by atoms with Crippen molar-refractivity contribution in [1.29, 1.82) is 0 Å². The molecule has 182 valence electrons. The van der Waals surface area contributed by atoms with E-state index in [-0.39, 0.29) is 11.7 Å². The molecule has 3 aromatic rings. The molecule has 6 nitrogen and oxygen atoms in total. The zero-order valence-corrected chi connectivity index (χ0v) is 19.7. The summed E-state index contributed by atoms with van der Waals surface area (Å²) in [6.07, 6.45) is 0.0201. The molecular formula is C28H28FNO5. The summed E-state index contributed by atoms with van der Waals surface area (Å²) < 4.78 is 25.7. The number of rotatable bonds is 7. The Balaban J connectivity index is 1.76. The van der Waals surface area contributed by atoms with Crippen molar-refractivity contribution in [1.82, 2.24) is 5.32 Å². The van der Waals surface area contributed by atoms with Crippen LogP contribution in [-0.4, -0.2) is 29.1 Å². The Morgan fingerprint density at radius 2 is 1.71 bits per heavy atom. The van der Waals surface area contributed by atoms with Gasteiger partial charge >= 0.3 is 5.97 Å². The third kappa shape index (κ3) is 6.05. The monoisotopic (exact) mass is 477 g/mol. The first-order valence-electron chi connectivity index (χ1n) is 11.5. The molecule has 1 aliphatic rings. The van der Waals surface area contributed by atoms with Crippen molar-refractivity contribution in [3.05, 3.63) is 89.7 Å². The van der Waals surface area contributed by atoms with Gasteiger partial charge in [0.2, 0.25) is 5.91 Å². The molecule has 1 amide bonds. The molecule has 1 aliphatic heterocycles. The Bertz CT molecular complexity index is 1200. The highest BCUT2D eigenvalue weighted by molar-refractivity contribution is 5.74. The molecule has 0 spiro atoms. The molecule has 0 aliphatic carbocycles. The predicted octanol–water partition coefficient (Wildman–Crippen LogP) is 5.44. The summed E-state index contributed by atoms with van der Waals surface area (Å²) in [5.74, 6) is -1.18. The van der Waals surface area contributed by atoms with Crippen molar-refractivity contribution in [3.8, 4) is 16.9 Å². The summed E-state index contributed by atoms with van der Waals surface area (Å²) in [6.45, 7) is 2.94. The molecule has 1 saturated heterocycles. The van der Waals surface area contributed by atoms with Crippen LogP contribution in [0.2, 0.25) is 0 Å². The average Bonchev–Trinajstić information content (AvgIpc) is 2.82. The number of nitrogens with one attached hydrogen (secondary N) is 1. The smallest absolute Gasteiger partial charge is 0.341 e. The van der Waals surface area contributed by atoms with Gasteiger partial charge in [0, 0.05) is 30.9 Å². The largest absolute Gasteiger partial charge is 0.482 e. The molecule has 35 heavy (non-hydrogen) atoms. The molecule has 2 N–H and O–H groups in total. The van der Waals surface area contributed by atoms with Crippen LogP contribution >= 0.6 is 0 Å². The number of carboxylic acid groups (broad SMARTS) is 1. The van der Waals surface area contributed by atoms with E-state index in [9.17, 15) is 14.0 Å². The van der Waals surface area contributed by atoms with Gasteiger partial charge in [0.25, 0.3) is 0 Å². The number of hydrogen-bond acceptors (Lipinski definition) is 4. The van der Waals surface area contributed by atoms with E-state index >= 15 is 0 Å². The Hall–Kier alpha value is -3.71. The van der Waals surface area contributed by atoms with E-state index in [0.717, 1.165) is 16.7 Å². The Kier molecular flexibility index (Phi) is 7.17. The minimum absolute atomic E-state index is 0.161. The number of benzene rings is 3. The van der Waals surface area contributed by atoms with Crippen molar-refractivity contribution in [2.24, 2.45) is 0 Å². The number of carbonyl (C=O) groups is 2. The number of hydrogen-bond donors (Lipinski definition) is 2. The highest BCUT2D eigenvalue weighted by atomic mass is 19.1. The molecule has 7 heteroatoms. The van der Waals surface area contributed by atoms with Gasteiger partial charge in [-0.2, -0.15) is 0 Å². The Morgan fingerprint density at radius 3 is 2.37 bits per heavy atom. The van der Waals surface area contributed by atoms with Crippen LogP contribution in [0.5, 0.6) is 5.75 Å². The van der Waals surface area contributed by atoms with Crippen molar-refractivity contribution >= 4 is 11.9 Å². The molecule has 1 heterocycles. The van der Waals surface area contributed by atoms with Gasteiger partial charge in [0.15, 0.2) is 6.61 Å². The van der Waals surface area contributed by atoms with Crippen molar-refractivity contribution in [3.63, 3.8) is 0 Å². The van der Waals surface area contributed by atoms with Crippen molar-refractivity contribution in [2.45, 2.75) is 44.4 Å². The zero-order chi connectivity index (χ0) is 25.0. The molecule has 4 rings (SSSR count). The van der Waals surface area contributed by atoms with E-state index in [2.05, 4.69) is 5.32 Å². The lowest BCUT2D eigenvalue weighted by molar-refractivity contribution is -0.139. The molecular weight excluding hydrogens is 449 g/mol. The second kappa shape index (κ2) is 10.3. The van der Waals surface area contributed by atoms with Gasteiger partial charge < -0.3 is 19.9 Å². The molecule has 3 atom stereocenters. The third-order valence-electron chi connectivity index (χ3n) is 6.13. The lowest BCUT2D eigenvalue weighted by Crippen LogP contribution is -2.50. The summed E-state index contributed by atoms with van der Waals surface area (Å²) in [5.41, 5.74) is 2.79. The van der Waals surface area contributed by atoms with Gasteiger partial charge in [0.1, 0.15) is 11.6 Å². The van der Waals surface area contributed by atoms with Crippen LogP contribution in [0, 0.1) is 5.82 Å². The minimum atomic E-state index is -1.08. The summed E-state index contributed by atoms with van der Waals surface area (Å²) in [4.78, 5) is 23.2. The van der Waals surface area contributed by atoms with E-state index in [0.29, 0.717) is 24.2 Å². The Labute approximate surface area is 203 Å². The summed E-state index contributed by atoms with van der Waals surface area (Å²) >= 11 is 0. The molecule has 1 fully saturated rings. The van der Waals surface area contributed by atoms with Gasteiger partial charge in [-0.15, -0.1) is 0 Å². The molecule has 3 aromatic carbocycles. The van der Waals surface area contributed by atoms with Crippen LogP contribution in [0.4, 0.5) is 4.39 Å². The van der Waals surface area contributed by atoms with Crippen LogP contribution in [0.15, 0.2) is 72.8 Å². The summed E-state index contributed by atoms with van der Waals surface area (Å²) in [6, 6.07) is 21.5. The maximum absolute atomic E-state index is 13.6.